The minimum atomic E-state index is 1.14. The Morgan fingerprint density at radius 1 is 1.33 bits per heavy atom. The average molecular weight is 167 g/mol. The van der Waals surface area contributed by atoms with Crippen LogP contribution in [-0.2, 0) is 0 Å². The fourth-order valence-corrected chi connectivity index (χ4v) is 1.23. The smallest absolute Gasteiger partial charge is 0.0325 e. The summed E-state index contributed by atoms with van der Waals surface area (Å²) in [5.41, 5.74) is 2.82. The van der Waals surface area contributed by atoms with E-state index in [1.165, 1.54) is 24.1 Å². The standard InChI is InChI=1S/C9H15N.C2H6/c1-3-5-9-8(2)6-4-7-10-9;1-2/h3,5,10H,4,6-7H2,1-2H3;1-2H3/b5-3-;. The third-order valence-corrected chi connectivity index (χ3v) is 1.84. The van der Waals surface area contributed by atoms with Crippen LogP contribution in [0.3, 0.4) is 0 Å². The highest BCUT2D eigenvalue weighted by Gasteiger charge is 2.03. The van der Waals surface area contributed by atoms with E-state index in [0.29, 0.717) is 0 Å². The zero-order chi connectivity index (χ0) is 9.40. The van der Waals surface area contributed by atoms with Crippen molar-refractivity contribution in [1.82, 2.24) is 5.32 Å². The number of rotatable bonds is 1. The van der Waals surface area contributed by atoms with Crippen LogP contribution in [0.5, 0.6) is 0 Å². The first-order valence-corrected chi connectivity index (χ1v) is 4.91. The lowest BCUT2D eigenvalue weighted by Gasteiger charge is -2.16. The molecular weight excluding hydrogens is 146 g/mol. The van der Waals surface area contributed by atoms with Gasteiger partial charge in [0.2, 0.25) is 0 Å². The number of nitrogens with one attached hydrogen (secondary N) is 1. The maximum atomic E-state index is 3.36. The third kappa shape index (κ3) is 3.61. The first kappa shape index (κ1) is 11.3. The third-order valence-electron chi connectivity index (χ3n) is 1.84. The number of allylic oxidation sites excluding steroid dienone is 3. The molecule has 1 nitrogen and oxygen atoms in total. The molecule has 0 aromatic rings. The van der Waals surface area contributed by atoms with Crippen molar-refractivity contribution in [2.45, 2.75) is 40.5 Å². The summed E-state index contributed by atoms with van der Waals surface area (Å²) >= 11 is 0. The van der Waals surface area contributed by atoms with Crippen LogP contribution >= 0.6 is 0 Å². The fourth-order valence-electron chi connectivity index (χ4n) is 1.23. The van der Waals surface area contributed by atoms with Crippen LogP contribution in [0.25, 0.3) is 0 Å². The van der Waals surface area contributed by atoms with Gasteiger partial charge in [-0.3, -0.25) is 0 Å². The molecule has 1 heteroatoms. The molecular formula is C11H21N. The van der Waals surface area contributed by atoms with Crippen LogP contribution in [0.2, 0.25) is 0 Å². The average Bonchev–Trinajstić information content (AvgIpc) is 2.13. The van der Waals surface area contributed by atoms with Gasteiger partial charge in [-0.25, -0.2) is 0 Å². The minimum Gasteiger partial charge on any atom is -0.385 e. The van der Waals surface area contributed by atoms with E-state index in [1.54, 1.807) is 0 Å². The summed E-state index contributed by atoms with van der Waals surface area (Å²) in [6, 6.07) is 0. The Morgan fingerprint density at radius 3 is 2.50 bits per heavy atom. The molecule has 12 heavy (non-hydrogen) atoms. The molecule has 1 aliphatic heterocycles. The maximum absolute atomic E-state index is 3.36. The summed E-state index contributed by atoms with van der Waals surface area (Å²) in [4.78, 5) is 0. The van der Waals surface area contributed by atoms with E-state index in [4.69, 9.17) is 0 Å². The van der Waals surface area contributed by atoms with Crippen LogP contribution < -0.4 is 5.32 Å². The highest BCUT2D eigenvalue weighted by atomic mass is 14.9. The second-order valence-electron chi connectivity index (χ2n) is 2.72. The first-order chi connectivity index (χ1) is 5.84. The molecule has 0 fully saturated rings. The van der Waals surface area contributed by atoms with Crippen LogP contribution in [-0.4, -0.2) is 6.54 Å². The molecule has 1 heterocycles. The second kappa shape index (κ2) is 6.96. The molecule has 0 aliphatic carbocycles. The largest absolute Gasteiger partial charge is 0.385 e. The summed E-state index contributed by atoms with van der Waals surface area (Å²) in [6.45, 7) is 9.38. The maximum Gasteiger partial charge on any atom is 0.0325 e. The van der Waals surface area contributed by atoms with E-state index >= 15 is 0 Å². The van der Waals surface area contributed by atoms with Crippen LogP contribution in [0.15, 0.2) is 23.4 Å². The SMILES string of the molecule is C/C=C\C1=C(C)CCCN1.CC. The Kier molecular flexibility index (Phi) is 6.54. The molecule has 0 aromatic heterocycles. The molecule has 70 valence electrons. The van der Waals surface area contributed by atoms with E-state index in [2.05, 4.69) is 31.3 Å². The molecule has 0 spiro atoms. The predicted molar refractivity (Wildman–Crippen MR) is 56.1 cm³/mol. The highest BCUT2D eigenvalue weighted by molar-refractivity contribution is 5.24. The molecule has 0 atom stereocenters. The van der Waals surface area contributed by atoms with Gasteiger partial charge >= 0.3 is 0 Å². The number of hydrogen-bond acceptors (Lipinski definition) is 1. The fraction of sp³-hybridized carbons (Fsp3) is 0.636. The Morgan fingerprint density at radius 2 is 2.00 bits per heavy atom. The van der Waals surface area contributed by atoms with E-state index in [-0.39, 0.29) is 0 Å². The monoisotopic (exact) mass is 167 g/mol. The molecule has 0 bridgehead atoms. The van der Waals surface area contributed by atoms with Crippen molar-refractivity contribution in [3.05, 3.63) is 23.4 Å². The Balaban J connectivity index is 0.000000561. The van der Waals surface area contributed by atoms with Gasteiger partial charge in [0.25, 0.3) is 0 Å². The zero-order valence-corrected chi connectivity index (χ0v) is 8.78. The normalized spacial score (nSPS) is 17.0. The Labute approximate surface area is 76.6 Å². The predicted octanol–water partition coefficient (Wildman–Crippen LogP) is 3.25. The minimum absolute atomic E-state index is 1.14. The van der Waals surface area contributed by atoms with Crippen molar-refractivity contribution >= 4 is 0 Å². The number of hydrogen-bond donors (Lipinski definition) is 1. The molecule has 0 aromatic carbocycles. The molecule has 1 N–H and O–H groups in total. The first-order valence-electron chi connectivity index (χ1n) is 4.91. The summed E-state index contributed by atoms with van der Waals surface area (Å²) in [7, 11) is 0. The molecule has 1 aliphatic rings. The lowest BCUT2D eigenvalue weighted by Crippen LogP contribution is -2.19. The highest BCUT2D eigenvalue weighted by Crippen LogP contribution is 2.13. The van der Waals surface area contributed by atoms with Gasteiger partial charge in [0.15, 0.2) is 0 Å². The molecule has 0 saturated heterocycles. The van der Waals surface area contributed by atoms with Gasteiger partial charge in [-0.2, -0.15) is 0 Å². The van der Waals surface area contributed by atoms with Gasteiger partial charge in [0, 0.05) is 12.2 Å². The summed E-state index contributed by atoms with van der Waals surface area (Å²) in [6.07, 6.45) is 6.77. The van der Waals surface area contributed by atoms with E-state index in [0.717, 1.165) is 6.54 Å². The van der Waals surface area contributed by atoms with Gasteiger partial charge < -0.3 is 5.32 Å². The van der Waals surface area contributed by atoms with Crippen molar-refractivity contribution < 1.29 is 0 Å². The second-order valence-corrected chi connectivity index (χ2v) is 2.72. The molecule has 1 rings (SSSR count). The van der Waals surface area contributed by atoms with Crippen molar-refractivity contribution in [3.8, 4) is 0 Å². The van der Waals surface area contributed by atoms with E-state index in [9.17, 15) is 0 Å². The lowest BCUT2D eigenvalue weighted by atomic mass is 10.1. The summed E-state index contributed by atoms with van der Waals surface area (Å²) in [5.74, 6) is 0. The van der Waals surface area contributed by atoms with Crippen molar-refractivity contribution in [3.63, 3.8) is 0 Å². The Bertz CT molecular complexity index is 166. The molecule has 0 saturated carbocycles. The quantitative estimate of drug-likeness (QED) is 0.632. The van der Waals surface area contributed by atoms with Gasteiger partial charge in [-0.1, -0.05) is 25.5 Å². The molecule has 0 amide bonds. The topological polar surface area (TPSA) is 12.0 Å². The van der Waals surface area contributed by atoms with E-state index < -0.39 is 0 Å². The van der Waals surface area contributed by atoms with Gasteiger partial charge in [-0.05, 0) is 32.8 Å². The van der Waals surface area contributed by atoms with Crippen molar-refractivity contribution in [2.75, 3.05) is 6.54 Å². The lowest BCUT2D eigenvalue weighted by molar-refractivity contribution is 0.674. The Hall–Kier alpha value is -0.720. The summed E-state index contributed by atoms with van der Waals surface area (Å²) in [5, 5.41) is 3.36. The van der Waals surface area contributed by atoms with E-state index in [1.807, 2.05) is 13.8 Å². The van der Waals surface area contributed by atoms with Gasteiger partial charge in [0.05, 0.1) is 0 Å². The molecule has 0 radical (unpaired) electrons. The molecule has 0 unspecified atom stereocenters. The van der Waals surface area contributed by atoms with Crippen LogP contribution in [0, 0.1) is 0 Å². The van der Waals surface area contributed by atoms with Crippen molar-refractivity contribution in [1.29, 1.82) is 0 Å². The van der Waals surface area contributed by atoms with Gasteiger partial charge in [-0.15, -0.1) is 0 Å². The zero-order valence-electron chi connectivity index (χ0n) is 8.78. The summed E-state index contributed by atoms with van der Waals surface area (Å²) < 4.78 is 0. The van der Waals surface area contributed by atoms with Crippen LogP contribution in [0.1, 0.15) is 40.5 Å². The van der Waals surface area contributed by atoms with Crippen LogP contribution in [0.4, 0.5) is 0 Å². The van der Waals surface area contributed by atoms with Crippen molar-refractivity contribution in [2.24, 2.45) is 0 Å². The van der Waals surface area contributed by atoms with Gasteiger partial charge in [0.1, 0.15) is 0 Å².